The summed E-state index contributed by atoms with van der Waals surface area (Å²) in [6.45, 7) is 8.12. The molecular weight excluding hydrogens is 717 g/mol. The zero-order valence-corrected chi connectivity index (χ0v) is 33.1. The molecule has 6 aliphatic rings. The molecule has 10 nitrogen and oxygen atoms in total. The summed E-state index contributed by atoms with van der Waals surface area (Å²) in [6.07, 6.45) is 6.06. The highest BCUT2D eigenvalue weighted by molar-refractivity contribution is 6.01. The van der Waals surface area contributed by atoms with Crippen LogP contribution in [0.3, 0.4) is 0 Å². The Morgan fingerprint density at radius 3 is 2.52 bits per heavy atom. The fourth-order valence-electron chi connectivity index (χ4n) is 11.1. The summed E-state index contributed by atoms with van der Waals surface area (Å²) >= 11 is 0. The minimum absolute atomic E-state index is 0.0138. The third kappa shape index (κ3) is 6.69. The van der Waals surface area contributed by atoms with Gasteiger partial charge in [-0.25, -0.2) is 4.39 Å². The predicted octanol–water partition coefficient (Wildman–Crippen LogP) is 5.86. The zero-order valence-electron chi connectivity index (χ0n) is 33.1. The minimum atomic E-state index is -1.37. The van der Waals surface area contributed by atoms with Crippen molar-refractivity contribution >= 4 is 23.1 Å². The number of ether oxygens (including phenoxy) is 3. The average Bonchev–Trinajstić information content (AvgIpc) is 3.47. The van der Waals surface area contributed by atoms with E-state index in [0.717, 1.165) is 46.5 Å². The normalized spacial score (nSPS) is 35.4. The number of rotatable bonds is 7. The van der Waals surface area contributed by atoms with Gasteiger partial charge in [0.05, 0.1) is 18.6 Å². The van der Waals surface area contributed by atoms with E-state index in [1.807, 2.05) is 44.2 Å². The maximum Gasteiger partial charge on any atom is 0.307 e. The molecule has 3 N–H and O–H groups in total. The van der Waals surface area contributed by atoms with Crippen LogP contribution in [-0.2, 0) is 36.9 Å². The molecule has 0 radical (unpaired) electrons. The molecule has 0 bridgehead atoms. The van der Waals surface area contributed by atoms with Crippen LogP contribution in [0.15, 0.2) is 72.3 Å². The lowest BCUT2D eigenvalue weighted by Crippen LogP contribution is -2.64. The summed E-state index contributed by atoms with van der Waals surface area (Å²) in [7, 11) is 4.11. The molecule has 300 valence electrons. The smallest absolute Gasteiger partial charge is 0.307 e. The molecule has 0 unspecified atom stereocenters. The molecule has 11 heteroatoms. The summed E-state index contributed by atoms with van der Waals surface area (Å²) < 4.78 is 33.9. The number of Topliss-reactive ketones (excluding diaryl/α,β-unsaturated/α-hetero) is 1. The van der Waals surface area contributed by atoms with Crippen molar-refractivity contribution < 1.29 is 48.3 Å². The van der Waals surface area contributed by atoms with E-state index >= 15 is 4.39 Å². The first-order chi connectivity index (χ1) is 26.4. The van der Waals surface area contributed by atoms with Crippen LogP contribution in [-0.4, -0.2) is 94.8 Å². The van der Waals surface area contributed by atoms with Gasteiger partial charge in [0.15, 0.2) is 23.0 Å². The quantitative estimate of drug-likeness (QED) is 0.313. The molecule has 2 aromatic rings. The number of carboxylic acids is 1. The molecular formula is C45H54FNO9. The third-order valence-electron chi connectivity index (χ3n) is 13.3. The van der Waals surface area contributed by atoms with Crippen LogP contribution in [0.2, 0.25) is 0 Å². The van der Waals surface area contributed by atoms with Gasteiger partial charge in [-0.3, -0.25) is 14.4 Å². The molecule has 9 atom stereocenters. The first kappa shape index (κ1) is 40.2. The van der Waals surface area contributed by atoms with Crippen LogP contribution in [0, 0.1) is 28.6 Å². The zero-order chi connectivity index (χ0) is 40.4. The number of aliphatic hydroxyl groups is 2. The van der Waals surface area contributed by atoms with E-state index in [4.69, 9.17) is 19.3 Å². The molecule has 3 saturated carbocycles. The molecule has 4 aliphatic carbocycles. The number of alkyl halides is 1. The van der Waals surface area contributed by atoms with Crippen LogP contribution >= 0.6 is 0 Å². The SMILES string of the molecule is CC1(C)O[C@@H]2C[C@H]3[C@@H]4C[C@H](F)C5=CC(=O)C=C[C@]5(C)[C@H]4[C@@H](O)C[C@]3(C)[C@]2(C(=O)CO)O1.CN(C)CC/C=C1/c2ccccc2COc2ccc(CC(=O)O)cc21. The molecule has 1 saturated heterocycles. The number of carboxylic acid groups (broad SMARTS) is 1. The topological polar surface area (TPSA) is 143 Å². The highest BCUT2D eigenvalue weighted by atomic mass is 19.1. The van der Waals surface area contributed by atoms with Gasteiger partial charge < -0.3 is 34.4 Å². The Kier molecular flexibility index (Phi) is 10.6. The fraction of sp³-hybridized carbons (Fsp3) is 0.533. The van der Waals surface area contributed by atoms with Gasteiger partial charge in [-0.15, -0.1) is 0 Å². The summed E-state index contributed by atoms with van der Waals surface area (Å²) in [4.78, 5) is 38.3. The van der Waals surface area contributed by atoms with E-state index in [2.05, 4.69) is 37.2 Å². The van der Waals surface area contributed by atoms with Crippen LogP contribution in [0.1, 0.15) is 75.6 Å². The van der Waals surface area contributed by atoms with E-state index < -0.39 is 59.0 Å². The molecule has 2 aromatic carbocycles. The van der Waals surface area contributed by atoms with Crippen molar-refractivity contribution in [3.05, 3.63) is 94.6 Å². The third-order valence-corrected chi connectivity index (χ3v) is 13.3. The number of nitrogens with zero attached hydrogens (tertiary/aromatic N) is 1. The van der Waals surface area contributed by atoms with Crippen molar-refractivity contribution in [1.29, 1.82) is 0 Å². The lowest BCUT2D eigenvalue weighted by molar-refractivity contribution is -0.226. The highest BCUT2D eigenvalue weighted by Crippen LogP contribution is 2.70. The van der Waals surface area contributed by atoms with Crippen molar-refractivity contribution in [3.8, 4) is 5.75 Å². The van der Waals surface area contributed by atoms with E-state index in [-0.39, 0.29) is 42.8 Å². The Hall–Kier alpha value is -4.00. The number of fused-ring (bicyclic) bond motifs is 9. The lowest BCUT2D eigenvalue weighted by atomic mass is 9.46. The lowest BCUT2D eigenvalue weighted by Gasteiger charge is -2.60. The van der Waals surface area contributed by atoms with Gasteiger partial charge in [0.1, 0.15) is 25.1 Å². The van der Waals surface area contributed by atoms with Crippen LogP contribution in [0.25, 0.3) is 5.57 Å². The second-order valence-corrected chi connectivity index (χ2v) is 17.5. The molecule has 0 aromatic heterocycles. The standard InChI is InChI=1S/C24H31FO6.C21H23NO3/c1-21(2)30-19-9-14-13-8-16(25)15-7-12(27)5-6-22(15,3)20(13)17(28)10-23(14,4)24(19,31-21)18(29)11-26;1-22(2)11-5-8-18-17-7-4-3-6-16(17)14-25-20-10-9-15(12-19(18)20)13-21(23)24/h5-7,13-14,16-17,19-20,26,28H,8-11H2,1-4H3;3-4,6-10,12H,5,11,13-14H2,1-2H3,(H,23,24)/b;18-8-/t13-,14-,16-,17-,19+,20+,22-,23-,24+;/m0./s1. The van der Waals surface area contributed by atoms with Crippen molar-refractivity contribution in [3.63, 3.8) is 0 Å². The van der Waals surface area contributed by atoms with E-state index in [0.29, 0.717) is 18.6 Å². The van der Waals surface area contributed by atoms with Crippen molar-refractivity contribution in [2.45, 2.75) is 96.2 Å². The van der Waals surface area contributed by atoms with Crippen molar-refractivity contribution in [2.24, 2.45) is 28.6 Å². The number of carbonyl (C=O) groups excluding carboxylic acids is 2. The van der Waals surface area contributed by atoms with Gasteiger partial charge in [-0.1, -0.05) is 56.3 Å². The summed E-state index contributed by atoms with van der Waals surface area (Å²) in [5, 5.41) is 30.4. The first-order valence-electron chi connectivity index (χ1n) is 19.6. The maximum absolute atomic E-state index is 15.4. The summed E-state index contributed by atoms with van der Waals surface area (Å²) in [5.41, 5.74) is 2.69. The van der Waals surface area contributed by atoms with Gasteiger partial charge in [0.2, 0.25) is 0 Å². The fourth-order valence-corrected chi connectivity index (χ4v) is 11.1. The molecule has 8 rings (SSSR count). The average molecular weight is 772 g/mol. The number of hydrogen-bond donors (Lipinski definition) is 3. The van der Waals surface area contributed by atoms with Crippen LogP contribution in [0.5, 0.6) is 5.75 Å². The maximum atomic E-state index is 15.4. The number of halogens is 1. The summed E-state index contributed by atoms with van der Waals surface area (Å²) in [5.74, 6) is -2.30. The number of benzene rings is 2. The Morgan fingerprint density at radius 1 is 1.05 bits per heavy atom. The Labute approximate surface area is 328 Å². The van der Waals surface area contributed by atoms with E-state index in [9.17, 15) is 24.6 Å². The second kappa shape index (κ2) is 14.7. The monoisotopic (exact) mass is 771 g/mol. The van der Waals surface area contributed by atoms with Gasteiger partial charge in [0.25, 0.3) is 0 Å². The van der Waals surface area contributed by atoms with E-state index in [1.165, 1.54) is 12.2 Å². The van der Waals surface area contributed by atoms with Crippen LogP contribution in [0.4, 0.5) is 4.39 Å². The minimum Gasteiger partial charge on any atom is -0.488 e. The largest absolute Gasteiger partial charge is 0.488 e. The highest BCUT2D eigenvalue weighted by Gasteiger charge is 2.77. The van der Waals surface area contributed by atoms with Gasteiger partial charge in [-0.2, -0.15) is 0 Å². The number of aliphatic carboxylic acids is 1. The van der Waals surface area contributed by atoms with Crippen LogP contribution < -0.4 is 4.74 Å². The Balaban J connectivity index is 0.000000176. The second-order valence-electron chi connectivity index (χ2n) is 17.5. The number of hydrogen-bond acceptors (Lipinski definition) is 9. The molecule has 56 heavy (non-hydrogen) atoms. The predicted molar refractivity (Wildman–Crippen MR) is 207 cm³/mol. The Bertz CT molecular complexity index is 2000. The Morgan fingerprint density at radius 2 is 1.80 bits per heavy atom. The molecule has 4 fully saturated rings. The number of aliphatic hydroxyl groups excluding tert-OH is 2. The molecule has 2 aliphatic heterocycles. The van der Waals surface area contributed by atoms with Gasteiger partial charge in [-0.05, 0) is 118 Å². The van der Waals surface area contributed by atoms with Crippen molar-refractivity contribution in [1.82, 2.24) is 4.90 Å². The summed E-state index contributed by atoms with van der Waals surface area (Å²) in [6, 6.07) is 13.9. The first-order valence-corrected chi connectivity index (χ1v) is 19.6. The van der Waals surface area contributed by atoms with E-state index in [1.54, 1.807) is 19.9 Å². The number of ketones is 2. The number of carbonyl (C=O) groups is 3. The molecule has 0 amide bonds. The van der Waals surface area contributed by atoms with Gasteiger partial charge in [0, 0.05) is 28.9 Å². The molecule has 0 spiro atoms. The van der Waals surface area contributed by atoms with Gasteiger partial charge >= 0.3 is 5.97 Å². The molecule has 2 heterocycles. The number of allylic oxidation sites excluding steroid dienone is 4. The van der Waals surface area contributed by atoms with Crippen molar-refractivity contribution in [2.75, 3.05) is 27.2 Å².